The first-order valence-electron chi connectivity index (χ1n) is 5.02. The van der Waals surface area contributed by atoms with Gasteiger partial charge in [0.1, 0.15) is 5.82 Å². The van der Waals surface area contributed by atoms with Crippen LogP contribution >= 0.6 is 0 Å². The molecule has 1 aromatic carbocycles. The van der Waals surface area contributed by atoms with Gasteiger partial charge >= 0.3 is 0 Å². The normalized spacial score (nSPS) is 12.4. The molecular formula is C11H13F3N2O. The van der Waals surface area contributed by atoms with Crippen LogP contribution in [0.1, 0.15) is 13.8 Å². The molecule has 1 unspecified atom stereocenters. The highest BCUT2D eigenvalue weighted by Crippen LogP contribution is 2.21. The standard InChI is InChI=1S/C11H13F3N2O/c1-6(11(13)14)15-8-3-4-9(12)10(5-8)16-7(2)17/h3-6,11,15H,1-2H3,(H,16,17). The molecule has 0 bridgehead atoms. The first-order valence-corrected chi connectivity index (χ1v) is 5.02. The summed E-state index contributed by atoms with van der Waals surface area (Å²) in [5.41, 5.74) is 0.284. The highest BCUT2D eigenvalue weighted by atomic mass is 19.3. The van der Waals surface area contributed by atoms with Gasteiger partial charge in [-0.2, -0.15) is 0 Å². The maximum atomic E-state index is 13.2. The third-order valence-electron chi connectivity index (χ3n) is 2.05. The van der Waals surface area contributed by atoms with E-state index in [-0.39, 0.29) is 5.69 Å². The molecule has 1 atom stereocenters. The summed E-state index contributed by atoms with van der Waals surface area (Å²) in [6, 6.07) is 2.66. The van der Waals surface area contributed by atoms with Crippen molar-refractivity contribution < 1.29 is 18.0 Å². The van der Waals surface area contributed by atoms with Crippen molar-refractivity contribution in [2.45, 2.75) is 26.3 Å². The van der Waals surface area contributed by atoms with Crippen molar-refractivity contribution in [1.82, 2.24) is 0 Å². The molecule has 1 amide bonds. The van der Waals surface area contributed by atoms with Gasteiger partial charge < -0.3 is 10.6 Å². The molecule has 0 saturated heterocycles. The molecule has 1 rings (SSSR count). The van der Waals surface area contributed by atoms with Gasteiger partial charge in [0.05, 0.1) is 11.7 Å². The Morgan fingerprint density at radius 3 is 2.53 bits per heavy atom. The number of amides is 1. The first kappa shape index (κ1) is 13.3. The van der Waals surface area contributed by atoms with Crippen LogP contribution in [0.4, 0.5) is 24.5 Å². The summed E-state index contributed by atoms with van der Waals surface area (Å²) in [6.45, 7) is 2.55. The molecule has 0 aromatic heterocycles. The van der Waals surface area contributed by atoms with Crippen molar-refractivity contribution >= 4 is 17.3 Å². The molecule has 0 aliphatic heterocycles. The van der Waals surface area contributed by atoms with Crippen molar-refractivity contribution in [2.24, 2.45) is 0 Å². The third-order valence-corrected chi connectivity index (χ3v) is 2.05. The van der Waals surface area contributed by atoms with Crippen molar-refractivity contribution in [3.8, 4) is 0 Å². The van der Waals surface area contributed by atoms with Gasteiger partial charge in [-0.25, -0.2) is 13.2 Å². The number of hydrogen-bond acceptors (Lipinski definition) is 2. The van der Waals surface area contributed by atoms with Gasteiger partial charge in [0.2, 0.25) is 5.91 Å². The molecule has 1 aromatic rings. The van der Waals surface area contributed by atoms with Crippen LogP contribution in [-0.2, 0) is 4.79 Å². The molecule has 3 nitrogen and oxygen atoms in total. The molecule has 94 valence electrons. The minimum atomic E-state index is -2.52. The van der Waals surface area contributed by atoms with Crippen LogP contribution in [-0.4, -0.2) is 18.4 Å². The minimum absolute atomic E-state index is 0.0380. The van der Waals surface area contributed by atoms with E-state index in [9.17, 15) is 18.0 Å². The minimum Gasteiger partial charge on any atom is -0.377 e. The van der Waals surface area contributed by atoms with Crippen LogP contribution in [0.2, 0.25) is 0 Å². The summed E-state index contributed by atoms with van der Waals surface area (Å²) in [5.74, 6) is -1.04. The van der Waals surface area contributed by atoms with Crippen LogP contribution < -0.4 is 10.6 Å². The third kappa shape index (κ3) is 3.97. The average molecular weight is 246 g/mol. The highest BCUT2D eigenvalue weighted by Gasteiger charge is 2.14. The smallest absolute Gasteiger partial charge is 0.258 e. The lowest BCUT2D eigenvalue weighted by atomic mass is 10.2. The zero-order chi connectivity index (χ0) is 13.0. The molecule has 17 heavy (non-hydrogen) atoms. The molecular weight excluding hydrogens is 233 g/mol. The van der Waals surface area contributed by atoms with E-state index in [1.807, 2.05) is 0 Å². The average Bonchev–Trinajstić information content (AvgIpc) is 2.22. The van der Waals surface area contributed by atoms with Gasteiger partial charge in [-0.3, -0.25) is 4.79 Å². The second-order valence-electron chi connectivity index (χ2n) is 3.64. The lowest BCUT2D eigenvalue weighted by Crippen LogP contribution is -2.23. The lowest BCUT2D eigenvalue weighted by Gasteiger charge is -2.15. The maximum Gasteiger partial charge on any atom is 0.258 e. The van der Waals surface area contributed by atoms with E-state index >= 15 is 0 Å². The molecule has 6 heteroatoms. The molecule has 0 saturated carbocycles. The summed E-state index contributed by atoms with van der Waals surface area (Å²) in [6.07, 6.45) is -2.52. The molecule has 0 heterocycles. The Morgan fingerprint density at radius 1 is 1.35 bits per heavy atom. The number of halogens is 3. The lowest BCUT2D eigenvalue weighted by molar-refractivity contribution is -0.114. The van der Waals surface area contributed by atoms with Crippen molar-refractivity contribution in [3.05, 3.63) is 24.0 Å². The van der Waals surface area contributed by atoms with Gasteiger partial charge in [0, 0.05) is 12.6 Å². The van der Waals surface area contributed by atoms with E-state index in [4.69, 9.17) is 0 Å². The Morgan fingerprint density at radius 2 is 2.00 bits per heavy atom. The Bertz CT molecular complexity index is 410. The number of carbonyl (C=O) groups excluding carboxylic acids is 1. The summed E-state index contributed by atoms with van der Waals surface area (Å²) >= 11 is 0. The Hall–Kier alpha value is -1.72. The fraction of sp³-hybridized carbons (Fsp3) is 0.364. The summed E-state index contributed by atoms with van der Waals surface area (Å²) in [5, 5.41) is 4.79. The van der Waals surface area contributed by atoms with Crippen molar-refractivity contribution in [2.75, 3.05) is 10.6 Å². The fourth-order valence-electron chi connectivity index (χ4n) is 1.23. The van der Waals surface area contributed by atoms with E-state index in [1.165, 1.54) is 26.0 Å². The predicted octanol–water partition coefficient (Wildman–Crippen LogP) is 2.85. The van der Waals surface area contributed by atoms with E-state index < -0.39 is 24.2 Å². The molecule has 0 aliphatic rings. The van der Waals surface area contributed by atoms with Gasteiger partial charge in [-0.1, -0.05) is 0 Å². The predicted molar refractivity (Wildman–Crippen MR) is 59.8 cm³/mol. The number of anilines is 2. The van der Waals surface area contributed by atoms with Crippen molar-refractivity contribution in [3.63, 3.8) is 0 Å². The van der Waals surface area contributed by atoms with E-state index in [0.717, 1.165) is 6.07 Å². The fourth-order valence-corrected chi connectivity index (χ4v) is 1.23. The molecule has 0 fully saturated rings. The number of nitrogens with one attached hydrogen (secondary N) is 2. The Balaban J connectivity index is 2.84. The highest BCUT2D eigenvalue weighted by molar-refractivity contribution is 5.89. The second kappa shape index (κ2) is 5.56. The number of benzene rings is 1. The van der Waals surface area contributed by atoms with Crippen LogP contribution in [0.3, 0.4) is 0 Å². The Labute approximate surface area is 97.0 Å². The Kier molecular flexibility index (Phi) is 4.37. The molecule has 2 N–H and O–H groups in total. The monoisotopic (exact) mass is 246 g/mol. The quantitative estimate of drug-likeness (QED) is 0.857. The second-order valence-corrected chi connectivity index (χ2v) is 3.64. The van der Waals surface area contributed by atoms with Crippen LogP contribution in [0, 0.1) is 5.82 Å². The van der Waals surface area contributed by atoms with Gasteiger partial charge in [-0.05, 0) is 25.1 Å². The molecule has 0 radical (unpaired) electrons. The summed E-state index contributed by atoms with van der Waals surface area (Å²) < 4.78 is 37.8. The topological polar surface area (TPSA) is 41.1 Å². The SMILES string of the molecule is CC(=O)Nc1cc(NC(C)C(F)F)ccc1F. The van der Waals surface area contributed by atoms with Crippen LogP contribution in [0.15, 0.2) is 18.2 Å². The number of hydrogen-bond donors (Lipinski definition) is 2. The van der Waals surface area contributed by atoms with Crippen LogP contribution in [0.5, 0.6) is 0 Å². The largest absolute Gasteiger partial charge is 0.377 e. The zero-order valence-electron chi connectivity index (χ0n) is 9.43. The van der Waals surface area contributed by atoms with Gasteiger partial charge in [0.15, 0.2) is 0 Å². The number of carbonyl (C=O) groups is 1. The van der Waals surface area contributed by atoms with Crippen molar-refractivity contribution in [1.29, 1.82) is 0 Å². The number of alkyl halides is 2. The van der Waals surface area contributed by atoms with Crippen LogP contribution in [0.25, 0.3) is 0 Å². The summed E-state index contributed by atoms with van der Waals surface area (Å²) in [4.78, 5) is 10.8. The number of rotatable bonds is 4. The maximum absolute atomic E-state index is 13.2. The molecule has 0 aliphatic carbocycles. The molecule has 0 spiro atoms. The van der Waals surface area contributed by atoms with Gasteiger partial charge in [0.25, 0.3) is 6.43 Å². The van der Waals surface area contributed by atoms with Gasteiger partial charge in [-0.15, -0.1) is 0 Å². The summed E-state index contributed by atoms with van der Waals surface area (Å²) in [7, 11) is 0. The van der Waals surface area contributed by atoms with E-state index in [0.29, 0.717) is 5.69 Å². The van der Waals surface area contributed by atoms with E-state index in [1.54, 1.807) is 0 Å². The first-order chi connectivity index (χ1) is 7.90. The zero-order valence-corrected chi connectivity index (χ0v) is 9.43. The van der Waals surface area contributed by atoms with E-state index in [2.05, 4.69) is 10.6 Å².